The second-order valence-corrected chi connectivity index (χ2v) is 9.37. The molecule has 0 radical (unpaired) electrons. The number of benzene rings is 1. The third-order valence-electron chi connectivity index (χ3n) is 5.32. The van der Waals surface area contributed by atoms with Crippen molar-refractivity contribution in [2.24, 2.45) is 4.99 Å². The Morgan fingerprint density at radius 3 is 2.77 bits per heavy atom. The molecular formula is C17H19N5O2S2. The van der Waals surface area contributed by atoms with E-state index in [9.17, 15) is 8.42 Å². The third kappa shape index (κ3) is 2.70. The molecule has 1 N–H and O–H groups in total. The van der Waals surface area contributed by atoms with Gasteiger partial charge in [0, 0.05) is 49.5 Å². The Bertz CT molecular complexity index is 963. The Balaban J connectivity index is 1.55. The molecule has 4 aliphatic rings. The van der Waals surface area contributed by atoms with E-state index in [1.807, 2.05) is 12.1 Å². The molecule has 9 heteroatoms. The van der Waals surface area contributed by atoms with Gasteiger partial charge in [-0.2, -0.15) is 0 Å². The maximum absolute atomic E-state index is 12.8. The molecular weight excluding hydrogens is 370 g/mol. The monoisotopic (exact) mass is 389 g/mol. The Kier molecular flexibility index (Phi) is 3.77. The van der Waals surface area contributed by atoms with E-state index in [0.717, 1.165) is 44.7 Å². The van der Waals surface area contributed by atoms with Crippen molar-refractivity contribution < 1.29 is 8.42 Å². The normalized spacial score (nSPS) is 26.6. The van der Waals surface area contributed by atoms with E-state index in [-0.39, 0.29) is 4.90 Å². The first-order valence-corrected chi connectivity index (χ1v) is 11.1. The summed E-state index contributed by atoms with van der Waals surface area (Å²) < 4.78 is 28.2. The molecule has 2 aromatic rings. The van der Waals surface area contributed by atoms with Crippen molar-refractivity contribution in [1.29, 1.82) is 0 Å². The molecule has 7 nitrogen and oxygen atoms in total. The largest absolute Gasteiger partial charge is 0.367 e. The van der Waals surface area contributed by atoms with Crippen LogP contribution in [-0.4, -0.2) is 56.4 Å². The van der Waals surface area contributed by atoms with Crippen molar-refractivity contribution in [2.45, 2.75) is 23.8 Å². The minimum absolute atomic E-state index is 0.245. The maximum Gasteiger partial charge on any atom is 0.265 e. The molecule has 0 amide bonds. The molecule has 6 rings (SSSR count). The molecule has 136 valence electrons. The second kappa shape index (κ2) is 6.04. The zero-order chi connectivity index (χ0) is 17.7. The summed E-state index contributed by atoms with van der Waals surface area (Å²) in [4.78, 5) is 13.7. The summed E-state index contributed by atoms with van der Waals surface area (Å²) in [6.45, 7) is 4.23. The summed E-state index contributed by atoms with van der Waals surface area (Å²) in [6.07, 6.45) is 3.91. The minimum atomic E-state index is -3.65. The summed E-state index contributed by atoms with van der Waals surface area (Å²) >= 11 is 1.36. The summed E-state index contributed by atoms with van der Waals surface area (Å²) in [5.41, 5.74) is 1.44. The van der Waals surface area contributed by atoms with E-state index in [4.69, 9.17) is 0 Å². The van der Waals surface area contributed by atoms with Gasteiger partial charge < -0.3 is 9.80 Å². The van der Waals surface area contributed by atoms with E-state index in [2.05, 4.69) is 24.5 Å². The van der Waals surface area contributed by atoms with Crippen molar-refractivity contribution in [2.75, 3.05) is 31.1 Å². The van der Waals surface area contributed by atoms with Crippen LogP contribution < -0.4 is 9.62 Å². The highest BCUT2D eigenvalue weighted by molar-refractivity contribution is 7.90. The van der Waals surface area contributed by atoms with Crippen LogP contribution in [0.25, 0.3) is 0 Å². The van der Waals surface area contributed by atoms with Crippen LogP contribution >= 0.6 is 11.3 Å². The SMILES string of the molecule is O=S1(=O)NC(c2nccs2)=Nc2ccc(N3CCN4CCC3CC4)cc21. The average molecular weight is 390 g/mol. The number of nitrogens with zero attached hydrogens (tertiary/aromatic N) is 4. The van der Waals surface area contributed by atoms with Gasteiger partial charge in [-0.1, -0.05) is 0 Å². The van der Waals surface area contributed by atoms with Crippen molar-refractivity contribution in [1.82, 2.24) is 14.6 Å². The van der Waals surface area contributed by atoms with Crippen LogP contribution in [-0.2, 0) is 10.0 Å². The molecule has 3 fully saturated rings. The number of fused-ring (bicyclic) bond motifs is 5. The number of sulfonamides is 1. The number of thiazole rings is 1. The predicted molar refractivity (Wildman–Crippen MR) is 102 cm³/mol. The molecule has 1 aromatic heterocycles. The molecule has 4 aliphatic heterocycles. The van der Waals surface area contributed by atoms with Crippen LogP contribution in [0.2, 0.25) is 0 Å². The Labute approximate surface area is 156 Å². The fourth-order valence-corrected chi connectivity index (χ4v) is 5.79. The lowest BCUT2D eigenvalue weighted by Gasteiger charge is -2.33. The van der Waals surface area contributed by atoms with Crippen molar-refractivity contribution >= 4 is 38.6 Å². The standard InChI is InChI=1S/C17H19N5O2S2/c23-26(24)15-11-13(22-9-8-21-6-3-12(22)4-7-21)1-2-14(15)19-16(20-26)17-18-5-10-25-17/h1-2,5,10-12H,3-4,6-9H2,(H,19,20). The van der Waals surface area contributed by atoms with E-state index in [0.29, 0.717) is 22.6 Å². The first kappa shape index (κ1) is 16.2. The van der Waals surface area contributed by atoms with E-state index in [1.165, 1.54) is 11.3 Å². The Morgan fingerprint density at radius 1 is 1.15 bits per heavy atom. The lowest BCUT2D eigenvalue weighted by molar-refractivity contribution is 0.250. The molecule has 0 aliphatic carbocycles. The number of aliphatic imine (C=N–C) groups is 1. The van der Waals surface area contributed by atoms with Crippen molar-refractivity contribution in [3.8, 4) is 0 Å². The molecule has 0 spiro atoms. The number of aromatic nitrogens is 1. The van der Waals surface area contributed by atoms with Gasteiger partial charge in [0.1, 0.15) is 4.90 Å². The number of rotatable bonds is 2. The van der Waals surface area contributed by atoms with Gasteiger partial charge in [-0.3, -0.25) is 4.72 Å². The number of hydrogen-bond acceptors (Lipinski definition) is 7. The lowest BCUT2D eigenvalue weighted by atomic mass is 10.0. The highest BCUT2D eigenvalue weighted by atomic mass is 32.2. The van der Waals surface area contributed by atoms with Crippen LogP contribution in [0.1, 0.15) is 17.8 Å². The quantitative estimate of drug-likeness (QED) is 0.847. The molecule has 0 atom stereocenters. The zero-order valence-electron chi connectivity index (χ0n) is 14.1. The topological polar surface area (TPSA) is 77.9 Å². The zero-order valence-corrected chi connectivity index (χ0v) is 15.8. The number of nitrogens with one attached hydrogen (secondary N) is 1. The number of piperidine rings is 1. The molecule has 3 saturated heterocycles. The minimum Gasteiger partial charge on any atom is -0.367 e. The predicted octanol–water partition coefficient (Wildman–Crippen LogP) is 1.80. The highest BCUT2D eigenvalue weighted by Gasteiger charge is 2.32. The van der Waals surface area contributed by atoms with Crippen LogP contribution in [0.3, 0.4) is 0 Å². The number of anilines is 1. The molecule has 5 heterocycles. The summed E-state index contributed by atoms with van der Waals surface area (Å²) in [7, 11) is -3.65. The van der Waals surface area contributed by atoms with Gasteiger partial charge in [-0.05, 0) is 31.0 Å². The molecule has 0 unspecified atom stereocenters. The molecule has 2 bridgehead atoms. The summed E-state index contributed by atoms with van der Waals surface area (Å²) in [6, 6.07) is 6.07. The third-order valence-corrected chi connectivity index (χ3v) is 7.47. The summed E-state index contributed by atoms with van der Waals surface area (Å²) in [5, 5.41) is 2.37. The van der Waals surface area contributed by atoms with Gasteiger partial charge in [-0.25, -0.2) is 18.4 Å². The van der Waals surface area contributed by atoms with E-state index >= 15 is 0 Å². The average Bonchev–Trinajstić information content (AvgIpc) is 3.02. The van der Waals surface area contributed by atoms with Crippen LogP contribution in [0.15, 0.2) is 39.7 Å². The Hall–Kier alpha value is -1.97. The van der Waals surface area contributed by atoms with Gasteiger partial charge in [0.05, 0.1) is 5.69 Å². The Morgan fingerprint density at radius 2 is 2.00 bits per heavy atom. The van der Waals surface area contributed by atoms with E-state index < -0.39 is 10.0 Å². The smallest absolute Gasteiger partial charge is 0.265 e. The van der Waals surface area contributed by atoms with Crippen molar-refractivity contribution in [3.63, 3.8) is 0 Å². The molecule has 26 heavy (non-hydrogen) atoms. The highest BCUT2D eigenvalue weighted by Crippen LogP contribution is 2.35. The first-order valence-electron chi connectivity index (χ1n) is 8.75. The summed E-state index contributed by atoms with van der Waals surface area (Å²) in [5.74, 6) is 0.293. The maximum atomic E-state index is 12.8. The molecule has 1 aromatic carbocycles. The van der Waals surface area contributed by atoms with Gasteiger partial charge in [0.2, 0.25) is 0 Å². The number of hydrogen-bond donors (Lipinski definition) is 1. The lowest BCUT2D eigenvalue weighted by Crippen LogP contribution is -2.38. The van der Waals surface area contributed by atoms with E-state index in [1.54, 1.807) is 17.6 Å². The van der Waals surface area contributed by atoms with Gasteiger partial charge in [0.25, 0.3) is 10.0 Å². The fraction of sp³-hybridized carbons (Fsp3) is 0.412. The fourth-order valence-electron chi connectivity index (χ4n) is 3.97. The molecule has 0 saturated carbocycles. The first-order chi connectivity index (χ1) is 12.6. The van der Waals surface area contributed by atoms with Crippen molar-refractivity contribution in [3.05, 3.63) is 34.8 Å². The van der Waals surface area contributed by atoms with Crippen LogP contribution in [0, 0.1) is 0 Å². The van der Waals surface area contributed by atoms with Gasteiger partial charge in [0.15, 0.2) is 10.8 Å². The second-order valence-electron chi connectivity index (χ2n) is 6.82. The van der Waals surface area contributed by atoms with Crippen LogP contribution in [0.4, 0.5) is 11.4 Å². The number of amidine groups is 1. The van der Waals surface area contributed by atoms with Crippen LogP contribution in [0.5, 0.6) is 0 Å². The van der Waals surface area contributed by atoms with Gasteiger partial charge >= 0.3 is 0 Å². The van der Waals surface area contributed by atoms with Gasteiger partial charge in [-0.15, -0.1) is 11.3 Å².